The largest absolute Gasteiger partial charge is 0.313 e. The van der Waals surface area contributed by atoms with Crippen LogP contribution in [-0.4, -0.2) is 6.04 Å². The molecule has 0 amide bonds. The molecule has 0 bridgehead atoms. The Labute approximate surface area is 90.0 Å². The minimum atomic E-state index is -0.518. The van der Waals surface area contributed by atoms with E-state index in [0.717, 1.165) is 6.42 Å². The van der Waals surface area contributed by atoms with Gasteiger partial charge in [0, 0.05) is 0 Å². The van der Waals surface area contributed by atoms with Gasteiger partial charge in [0.2, 0.25) is 0 Å². The van der Waals surface area contributed by atoms with Crippen molar-refractivity contribution in [2.75, 3.05) is 0 Å². The Hall–Kier alpha value is -1.80. The Kier molecular flexibility index (Phi) is 2.44. The van der Waals surface area contributed by atoms with Crippen molar-refractivity contribution in [2.24, 2.45) is 0 Å². The van der Waals surface area contributed by atoms with E-state index in [1.807, 2.05) is 12.1 Å². The van der Waals surface area contributed by atoms with Crippen LogP contribution in [-0.2, 0) is 0 Å². The zero-order chi connectivity index (χ0) is 10.8. The first-order chi connectivity index (χ1) is 7.27. The molecule has 1 aromatic carbocycles. The third-order valence-corrected chi connectivity index (χ3v) is 3.19. The molecule has 15 heavy (non-hydrogen) atoms. The summed E-state index contributed by atoms with van der Waals surface area (Å²) >= 11 is 0. The molecular weight excluding hydrogens is 184 g/mol. The van der Waals surface area contributed by atoms with Crippen molar-refractivity contribution in [3.05, 3.63) is 46.8 Å². The van der Waals surface area contributed by atoms with Gasteiger partial charge in [0.05, 0.1) is 5.92 Å². The minimum Gasteiger partial charge on any atom is -0.297 e. The van der Waals surface area contributed by atoms with E-state index < -0.39 is 6.04 Å². The van der Waals surface area contributed by atoms with Gasteiger partial charge in [0.25, 0.3) is 0 Å². The smallest absolute Gasteiger partial charge is 0.297 e. The quantitative estimate of drug-likeness (QED) is 0.634. The summed E-state index contributed by atoms with van der Waals surface area (Å²) in [5, 5.41) is 8.93. The van der Waals surface area contributed by atoms with Crippen LogP contribution in [0, 0.1) is 17.9 Å². The van der Waals surface area contributed by atoms with Crippen LogP contribution in [0.1, 0.15) is 36.3 Å². The molecule has 1 aromatic rings. The molecule has 0 aliphatic heterocycles. The molecule has 3 unspecified atom stereocenters. The van der Waals surface area contributed by atoms with Crippen molar-refractivity contribution in [1.29, 1.82) is 5.26 Å². The summed E-state index contributed by atoms with van der Waals surface area (Å²) < 4.78 is 0. The molecule has 0 saturated carbocycles. The third-order valence-electron chi connectivity index (χ3n) is 3.19. The van der Waals surface area contributed by atoms with Crippen LogP contribution in [0.2, 0.25) is 0 Å². The lowest BCUT2D eigenvalue weighted by atomic mass is 9.94. The van der Waals surface area contributed by atoms with E-state index in [-0.39, 0.29) is 5.92 Å². The van der Waals surface area contributed by atoms with Gasteiger partial charge in [-0.25, -0.2) is 6.57 Å². The van der Waals surface area contributed by atoms with Crippen molar-refractivity contribution in [2.45, 2.75) is 31.2 Å². The first kappa shape index (κ1) is 9.74. The molecule has 2 heteroatoms. The number of nitrogens with zero attached hydrogens (tertiary/aromatic N) is 2. The van der Waals surface area contributed by atoms with Gasteiger partial charge in [-0.3, -0.25) is 4.85 Å². The fourth-order valence-corrected chi connectivity index (χ4v) is 2.44. The lowest BCUT2D eigenvalue weighted by molar-refractivity contribution is 0.609. The summed E-state index contributed by atoms with van der Waals surface area (Å²) in [6, 6.07) is 9.76. The van der Waals surface area contributed by atoms with E-state index >= 15 is 0 Å². The maximum Gasteiger partial charge on any atom is 0.313 e. The zero-order valence-electron chi connectivity index (χ0n) is 8.64. The van der Waals surface area contributed by atoms with E-state index in [1.165, 1.54) is 11.1 Å². The summed E-state index contributed by atoms with van der Waals surface area (Å²) in [7, 11) is 0. The molecule has 2 rings (SSSR count). The molecule has 0 fully saturated rings. The molecular formula is C13H12N2. The van der Waals surface area contributed by atoms with Crippen LogP contribution in [0.4, 0.5) is 0 Å². The molecule has 0 heterocycles. The van der Waals surface area contributed by atoms with Crippen molar-refractivity contribution in [3.63, 3.8) is 0 Å². The predicted octanol–water partition coefficient (Wildman–Crippen LogP) is 3.09. The second-order valence-electron chi connectivity index (χ2n) is 4.08. The number of hydrogen-bond donors (Lipinski definition) is 0. The number of fused-ring (bicyclic) bond motifs is 1. The summed E-state index contributed by atoms with van der Waals surface area (Å²) in [6.07, 6.45) is 0.931. The van der Waals surface area contributed by atoms with Crippen LogP contribution in [0.25, 0.3) is 4.85 Å². The van der Waals surface area contributed by atoms with Crippen LogP contribution < -0.4 is 0 Å². The van der Waals surface area contributed by atoms with E-state index in [9.17, 15) is 0 Å². The molecule has 0 spiro atoms. The standard InChI is InChI=1S/C13H12N2/c1-9-7-12(13(8-14)15-2)11-6-4-3-5-10(9)11/h3-6,9,12-13H,7H2,1H3. The average Bonchev–Trinajstić information content (AvgIpc) is 2.60. The second kappa shape index (κ2) is 3.75. The summed E-state index contributed by atoms with van der Waals surface area (Å²) in [5.74, 6) is 0.586. The predicted molar refractivity (Wildman–Crippen MR) is 58.2 cm³/mol. The number of rotatable bonds is 1. The highest BCUT2D eigenvalue weighted by molar-refractivity contribution is 5.41. The Morgan fingerprint density at radius 3 is 2.73 bits per heavy atom. The maximum absolute atomic E-state index is 8.93. The Bertz CT molecular complexity index is 436. The van der Waals surface area contributed by atoms with Gasteiger partial charge in [-0.05, 0) is 23.5 Å². The molecule has 3 atom stereocenters. The van der Waals surface area contributed by atoms with Crippen LogP contribution >= 0.6 is 0 Å². The van der Waals surface area contributed by atoms with Gasteiger partial charge >= 0.3 is 6.04 Å². The number of benzene rings is 1. The molecule has 0 radical (unpaired) electrons. The topological polar surface area (TPSA) is 28.1 Å². The highest BCUT2D eigenvalue weighted by atomic mass is 14.7. The van der Waals surface area contributed by atoms with E-state index in [4.69, 9.17) is 11.8 Å². The summed E-state index contributed by atoms with van der Waals surface area (Å²) in [5.41, 5.74) is 2.51. The molecule has 1 aliphatic rings. The Morgan fingerprint density at radius 2 is 2.13 bits per heavy atom. The monoisotopic (exact) mass is 196 g/mol. The van der Waals surface area contributed by atoms with Gasteiger partial charge in [-0.1, -0.05) is 31.2 Å². The van der Waals surface area contributed by atoms with Crippen molar-refractivity contribution in [1.82, 2.24) is 0 Å². The minimum absolute atomic E-state index is 0.110. The van der Waals surface area contributed by atoms with E-state index in [2.05, 4.69) is 30.0 Å². The Morgan fingerprint density at radius 1 is 1.47 bits per heavy atom. The van der Waals surface area contributed by atoms with Crippen molar-refractivity contribution >= 4 is 0 Å². The second-order valence-corrected chi connectivity index (χ2v) is 4.08. The van der Waals surface area contributed by atoms with Gasteiger partial charge in [-0.15, -0.1) is 0 Å². The van der Waals surface area contributed by atoms with Gasteiger partial charge in [-0.2, -0.15) is 5.26 Å². The lowest BCUT2D eigenvalue weighted by Crippen LogP contribution is -2.10. The highest BCUT2D eigenvalue weighted by Gasteiger charge is 2.37. The fraction of sp³-hybridized carbons (Fsp3) is 0.385. The number of nitriles is 1. The van der Waals surface area contributed by atoms with Gasteiger partial charge in [0.15, 0.2) is 6.07 Å². The van der Waals surface area contributed by atoms with E-state index in [1.54, 1.807) is 0 Å². The van der Waals surface area contributed by atoms with Crippen LogP contribution in [0.3, 0.4) is 0 Å². The number of hydrogen-bond acceptors (Lipinski definition) is 1. The lowest BCUT2D eigenvalue weighted by Gasteiger charge is -2.07. The van der Waals surface area contributed by atoms with E-state index in [0.29, 0.717) is 5.92 Å². The van der Waals surface area contributed by atoms with Crippen LogP contribution in [0.5, 0.6) is 0 Å². The zero-order valence-corrected chi connectivity index (χ0v) is 8.64. The normalized spacial score (nSPS) is 25.0. The average molecular weight is 196 g/mol. The van der Waals surface area contributed by atoms with Crippen molar-refractivity contribution < 1.29 is 0 Å². The Balaban J connectivity index is 2.42. The summed E-state index contributed by atoms with van der Waals surface area (Å²) in [4.78, 5) is 3.41. The molecule has 74 valence electrons. The summed E-state index contributed by atoms with van der Waals surface area (Å²) in [6.45, 7) is 9.20. The molecule has 1 aliphatic carbocycles. The molecule has 2 nitrogen and oxygen atoms in total. The highest BCUT2D eigenvalue weighted by Crippen LogP contribution is 2.43. The molecule has 0 N–H and O–H groups in total. The van der Waals surface area contributed by atoms with Gasteiger partial charge in [0.1, 0.15) is 0 Å². The first-order valence-corrected chi connectivity index (χ1v) is 5.13. The molecule has 0 aromatic heterocycles. The van der Waals surface area contributed by atoms with Crippen LogP contribution in [0.15, 0.2) is 24.3 Å². The fourth-order valence-electron chi connectivity index (χ4n) is 2.44. The van der Waals surface area contributed by atoms with Crippen molar-refractivity contribution in [3.8, 4) is 6.07 Å². The van der Waals surface area contributed by atoms with Gasteiger partial charge < -0.3 is 0 Å². The third kappa shape index (κ3) is 1.49. The molecule has 0 saturated heterocycles. The first-order valence-electron chi connectivity index (χ1n) is 5.13. The SMILES string of the molecule is [C-]#[N+]C(C#N)C1CC(C)c2ccccc21. The maximum atomic E-state index is 8.93.